The SMILES string of the molecule is CCCCC1CCc2ccnc(P(P)PP)c2C1=O. The number of carbonyl (C=O) groups is 1. The molecule has 1 aliphatic carbocycles. The Morgan fingerprint density at radius 3 is 3.05 bits per heavy atom. The topological polar surface area (TPSA) is 30.0 Å². The zero-order valence-corrected chi connectivity index (χ0v) is 15.4. The molecule has 0 spiro atoms. The Labute approximate surface area is 122 Å². The average Bonchev–Trinajstić information content (AvgIpc) is 2.45. The van der Waals surface area contributed by atoms with E-state index in [0.717, 1.165) is 44.6 Å². The van der Waals surface area contributed by atoms with Crippen LogP contribution in [-0.2, 0) is 6.42 Å². The standard InChI is InChI=1S/C13H21NOP4/c1-2-3-4-10-6-5-9-7-8-14-13(19(17)18-16)11(9)12(10)15/h7-8,10,18H,2-6,16-17H2,1H3. The van der Waals surface area contributed by atoms with E-state index < -0.39 is 0 Å². The number of hydrogen-bond donors (Lipinski definition) is 0. The van der Waals surface area contributed by atoms with Crippen LogP contribution in [-0.4, -0.2) is 10.8 Å². The van der Waals surface area contributed by atoms with Crippen molar-refractivity contribution in [2.75, 3.05) is 0 Å². The molecule has 0 saturated heterocycles. The molecule has 5 atom stereocenters. The van der Waals surface area contributed by atoms with Gasteiger partial charge in [-0.25, -0.2) is 0 Å². The van der Waals surface area contributed by atoms with Crippen molar-refractivity contribution in [3.8, 4) is 0 Å². The number of ketones is 1. The van der Waals surface area contributed by atoms with Crippen LogP contribution < -0.4 is 5.44 Å². The van der Waals surface area contributed by atoms with Crippen LogP contribution in [0.3, 0.4) is 0 Å². The van der Waals surface area contributed by atoms with E-state index in [1.165, 1.54) is 12.0 Å². The van der Waals surface area contributed by atoms with E-state index in [1.54, 1.807) is 0 Å². The van der Waals surface area contributed by atoms with Gasteiger partial charge >= 0.3 is 0 Å². The fourth-order valence-electron chi connectivity index (χ4n) is 2.60. The second-order valence-electron chi connectivity index (χ2n) is 4.91. The number of unbranched alkanes of at least 4 members (excludes halogenated alkanes) is 1. The third-order valence-corrected chi connectivity index (χ3v) is 13.5. The molecule has 0 amide bonds. The third-order valence-electron chi connectivity index (χ3n) is 3.67. The first-order chi connectivity index (χ1) is 9.19. The van der Waals surface area contributed by atoms with Gasteiger partial charge in [0.25, 0.3) is 0 Å². The maximum atomic E-state index is 12.7. The van der Waals surface area contributed by atoms with Crippen molar-refractivity contribution in [2.45, 2.75) is 39.0 Å². The number of aromatic nitrogens is 1. The molecule has 2 rings (SSSR count). The Kier molecular flexibility index (Phi) is 6.30. The molecule has 1 heterocycles. The van der Waals surface area contributed by atoms with Gasteiger partial charge < -0.3 is 0 Å². The van der Waals surface area contributed by atoms with Crippen LogP contribution in [0.25, 0.3) is 0 Å². The molecular formula is C13H21NOP4. The van der Waals surface area contributed by atoms with Crippen molar-refractivity contribution in [1.29, 1.82) is 0 Å². The molecule has 0 fully saturated rings. The number of fused-ring (bicyclic) bond motifs is 1. The summed E-state index contributed by atoms with van der Waals surface area (Å²) in [4.78, 5) is 17.2. The van der Waals surface area contributed by atoms with Crippen molar-refractivity contribution in [2.24, 2.45) is 5.92 Å². The van der Waals surface area contributed by atoms with Crippen LogP contribution in [0.2, 0.25) is 0 Å². The maximum Gasteiger partial charge on any atom is 0.168 e. The number of nitrogens with zero attached hydrogens (tertiary/aromatic N) is 1. The molecule has 0 N–H and O–H groups in total. The molecule has 6 heteroatoms. The molecule has 0 aromatic carbocycles. The van der Waals surface area contributed by atoms with Crippen LogP contribution in [0.15, 0.2) is 12.3 Å². The number of Topliss-reactive ketones (excluding diaryl/α,β-unsaturated/α-hetero) is 1. The van der Waals surface area contributed by atoms with E-state index in [2.05, 4.69) is 29.8 Å². The minimum atomic E-state index is -0.371. The maximum absolute atomic E-state index is 12.7. The Balaban J connectivity index is 2.32. The van der Waals surface area contributed by atoms with E-state index in [0.29, 0.717) is 5.78 Å². The van der Waals surface area contributed by atoms with Gasteiger partial charge in [0.1, 0.15) is 0 Å². The summed E-state index contributed by atoms with van der Waals surface area (Å²) in [5, 5.41) is 0. The lowest BCUT2D eigenvalue weighted by atomic mass is 9.81. The first kappa shape index (κ1) is 15.9. The van der Waals surface area contributed by atoms with Gasteiger partial charge in [0.05, 0.1) is 5.44 Å². The lowest BCUT2D eigenvalue weighted by molar-refractivity contribution is 0.0894. The van der Waals surface area contributed by atoms with Gasteiger partial charge in [-0.15, -0.1) is 17.9 Å². The highest BCUT2D eigenvalue weighted by atomic mass is 32.6. The summed E-state index contributed by atoms with van der Waals surface area (Å²) in [5.41, 5.74) is 3.24. The summed E-state index contributed by atoms with van der Waals surface area (Å²) in [6.07, 6.45) is 7.30. The highest BCUT2D eigenvalue weighted by Gasteiger charge is 2.30. The van der Waals surface area contributed by atoms with Crippen molar-refractivity contribution >= 4 is 44.3 Å². The second kappa shape index (κ2) is 7.52. The van der Waals surface area contributed by atoms with Crippen molar-refractivity contribution < 1.29 is 4.79 Å². The fourth-order valence-corrected chi connectivity index (χ4v) is 5.97. The van der Waals surface area contributed by atoms with Gasteiger partial charge in [-0.05, 0) is 38.2 Å². The summed E-state index contributed by atoms with van der Waals surface area (Å²) in [5.74, 6) is 0.590. The molecule has 0 radical (unpaired) electrons. The predicted octanol–water partition coefficient (Wildman–Crippen LogP) is 4.30. The highest BCUT2D eigenvalue weighted by Crippen LogP contribution is 2.65. The molecule has 19 heavy (non-hydrogen) atoms. The first-order valence-electron chi connectivity index (χ1n) is 6.72. The fraction of sp³-hybridized carbons (Fsp3) is 0.538. The van der Waals surface area contributed by atoms with E-state index in [-0.39, 0.29) is 13.2 Å². The van der Waals surface area contributed by atoms with Crippen LogP contribution in [0.1, 0.15) is 48.5 Å². The summed E-state index contributed by atoms with van der Waals surface area (Å²) in [6, 6.07) is 2.03. The van der Waals surface area contributed by atoms with E-state index in [4.69, 9.17) is 0 Å². The molecule has 0 bridgehead atoms. The lowest BCUT2D eigenvalue weighted by Crippen LogP contribution is -2.29. The molecule has 1 aromatic rings. The Hall–Kier alpha value is 0.540. The molecular weight excluding hydrogens is 310 g/mol. The molecule has 1 aliphatic rings. The molecule has 5 unspecified atom stereocenters. The predicted molar refractivity (Wildman–Crippen MR) is 94.2 cm³/mol. The Morgan fingerprint density at radius 1 is 1.58 bits per heavy atom. The van der Waals surface area contributed by atoms with E-state index in [9.17, 15) is 4.79 Å². The van der Waals surface area contributed by atoms with Crippen molar-refractivity contribution in [1.82, 2.24) is 4.98 Å². The zero-order valence-electron chi connectivity index (χ0n) is 11.2. The molecule has 2 nitrogen and oxygen atoms in total. The smallest absolute Gasteiger partial charge is 0.168 e. The molecule has 0 aliphatic heterocycles. The van der Waals surface area contributed by atoms with Crippen molar-refractivity contribution in [3.63, 3.8) is 0 Å². The molecule has 104 valence electrons. The third kappa shape index (κ3) is 3.60. The summed E-state index contributed by atoms with van der Waals surface area (Å²) in [6.45, 7) is 2.19. The van der Waals surface area contributed by atoms with Gasteiger partial charge in [0.2, 0.25) is 0 Å². The van der Waals surface area contributed by atoms with E-state index >= 15 is 0 Å². The number of aryl methyl sites for hydroxylation is 1. The Bertz CT molecular complexity index is 466. The minimum Gasteiger partial charge on any atom is -0.294 e. The first-order valence-corrected chi connectivity index (χ1v) is 13.3. The van der Waals surface area contributed by atoms with Crippen LogP contribution in [0.5, 0.6) is 0 Å². The molecule has 1 aromatic heterocycles. The minimum absolute atomic E-state index is 0.233. The van der Waals surface area contributed by atoms with Gasteiger partial charge in [-0.1, -0.05) is 27.7 Å². The van der Waals surface area contributed by atoms with Gasteiger partial charge in [0.15, 0.2) is 5.78 Å². The molecule has 0 saturated carbocycles. The van der Waals surface area contributed by atoms with Gasteiger partial charge in [0, 0.05) is 17.7 Å². The number of hydrogen-bond acceptors (Lipinski definition) is 2. The van der Waals surface area contributed by atoms with Crippen LogP contribution in [0.4, 0.5) is 0 Å². The number of carbonyl (C=O) groups excluding carboxylic acids is 1. The monoisotopic (exact) mass is 331 g/mol. The zero-order chi connectivity index (χ0) is 13.8. The summed E-state index contributed by atoms with van der Waals surface area (Å²) >= 11 is 0. The number of pyridine rings is 1. The van der Waals surface area contributed by atoms with Crippen LogP contribution >= 0.6 is 33.1 Å². The number of rotatable bonds is 5. The van der Waals surface area contributed by atoms with Crippen molar-refractivity contribution in [3.05, 3.63) is 23.4 Å². The normalized spacial score (nSPS) is 20.8. The highest BCUT2D eigenvalue weighted by molar-refractivity contribution is 8.63. The van der Waals surface area contributed by atoms with E-state index in [1.807, 2.05) is 12.3 Å². The van der Waals surface area contributed by atoms with Gasteiger partial charge in [-0.2, -0.15) is 0 Å². The lowest BCUT2D eigenvalue weighted by Gasteiger charge is -2.26. The quantitative estimate of drug-likeness (QED) is 0.753. The van der Waals surface area contributed by atoms with Gasteiger partial charge in [-0.3, -0.25) is 9.78 Å². The largest absolute Gasteiger partial charge is 0.294 e. The second-order valence-corrected chi connectivity index (χ2v) is 14.0. The summed E-state index contributed by atoms with van der Waals surface area (Å²) in [7, 11) is 6.05. The average molecular weight is 331 g/mol. The summed E-state index contributed by atoms with van der Waals surface area (Å²) < 4.78 is 0. The Morgan fingerprint density at radius 2 is 2.37 bits per heavy atom. The van der Waals surface area contributed by atoms with Crippen LogP contribution in [0, 0.1) is 5.92 Å².